The molecule has 0 fully saturated rings. The topological polar surface area (TPSA) is 59.8 Å². The maximum atomic E-state index is 12.4. The first kappa shape index (κ1) is 17.7. The highest BCUT2D eigenvalue weighted by Gasteiger charge is 2.12. The minimum atomic E-state index is -0.452. The van der Waals surface area contributed by atoms with Crippen molar-refractivity contribution in [1.29, 1.82) is 0 Å². The summed E-state index contributed by atoms with van der Waals surface area (Å²) in [6, 6.07) is 14.3. The Bertz CT molecular complexity index is 1000. The van der Waals surface area contributed by atoms with Crippen molar-refractivity contribution in [2.75, 3.05) is 19.0 Å². The third-order valence-electron chi connectivity index (χ3n) is 4.26. The van der Waals surface area contributed by atoms with Gasteiger partial charge in [-0.2, -0.15) is 0 Å². The van der Waals surface area contributed by atoms with Crippen LogP contribution in [-0.4, -0.2) is 20.1 Å². The van der Waals surface area contributed by atoms with Gasteiger partial charge in [0.05, 0.1) is 5.56 Å². The molecule has 0 saturated carbocycles. The zero-order valence-electron chi connectivity index (χ0n) is 15.1. The zero-order valence-corrected chi connectivity index (χ0v) is 15.1. The van der Waals surface area contributed by atoms with Gasteiger partial charge in [0.25, 0.3) is 0 Å². The Labute approximate surface area is 151 Å². The van der Waals surface area contributed by atoms with Gasteiger partial charge < -0.3 is 14.1 Å². The van der Waals surface area contributed by atoms with E-state index in [2.05, 4.69) is 0 Å². The van der Waals surface area contributed by atoms with Crippen LogP contribution in [0, 0.1) is 0 Å². The van der Waals surface area contributed by atoms with Gasteiger partial charge in [-0.25, -0.2) is 9.59 Å². The normalized spacial score (nSPS) is 10.7. The number of esters is 1. The lowest BCUT2D eigenvalue weighted by atomic mass is 10.1. The minimum absolute atomic E-state index is 0.0125. The molecule has 0 aliphatic heterocycles. The molecule has 0 amide bonds. The van der Waals surface area contributed by atoms with E-state index in [1.807, 2.05) is 56.3 Å². The summed E-state index contributed by atoms with van der Waals surface area (Å²) in [6.45, 7) is 2.05. The smallest absolute Gasteiger partial charge is 0.338 e. The van der Waals surface area contributed by atoms with E-state index in [0.29, 0.717) is 16.7 Å². The summed E-state index contributed by atoms with van der Waals surface area (Å²) in [5.41, 5.74) is 3.16. The van der Waals surface area contributed by atoms with E-state index in [-0.39, 0.29) is 6.61 Å². The molecule has 0 saturated heterocycles. The van der Waals surface area contributed by atoms with Crippen LogP contribution in [0.15, 0.2) is 57.7 Å². The van der Waals surface area contributed by atoms with Crippen molar-refractivity contribution in [3.8, 4) is 0 Å². The number of nitrogens with zero attached hydrogens (tertiary/aromatic N) is 1. The summed E-state index contributed by atoms with van der Waals surface area (Å²) in [6.07, 6.45) is 0.848. The molecule has 0 unspecified atom stereocenters. The fraction of sp³-hybridized carbons (Fsp3) is 0.238. The van der Waals surface area contributed by atoms with Gasteiger partial charge in [-0.15, -0.1) is 0 Å². The van der Waals surface area contributed by atoms with Crippen molar-refractivity contribution >= 4 is 22.6 Å². The molecule has 0 atom stereocenters. The Morgan fingerprint density at radius 2 is 1.92 bits per heavy atom. The molecule has 134 valence electrons. The molecular weight excluding hydrogens is 330 g/mol. The molecule has 0 radical (unpaired) electrons. The van der Waals surface area contributed by atoms with Crippen LogP contribution in [-0.2, 0) is 17.8 Å². The average Bonchev–Trinajstić information content (AvgIpc) is 2.65. The van der Waals surface area contributed by atoms with Gasteiger partial charge >= 0.3 is 11.6 Å². The van der Waals surface area contributed by atoms with Crippen LogP contribution in [0.3, 0.4) is 0 Å². The molecule has 5 nitrogen and oxygen atoms in total. The highest BCUT2D eigenvalue weighted by atomic mass is 16.5. The minimum Gasteiger partial charge on any atom is -0.457 e. The second-order valence-corrected chi connectivity index (χ2v) is 6.30. The SMILES string of the molecule is CCc1ccc2c(COC(=O)c3cccc(N(C)C)c3)cc(=O)oc2c1. The number of hydrogen-bond acceptors (Lipinski definition) is 5. The first-order valence-electron chi connectivity index (χ1n) is 8.48. The fourth-order valence-electron chi connectivity index (χ4n) is 2.75. The third-order valence-corrected chi connectivity index (χ3v) is 4.26. The van der Waals surface area contributed by atoms with E-state index in [1.165, 1.54) is 6.07 Å². The Hall–Kier alpha value is -3.08. The standard InChI is InChI=1S/C21H21NO4/c1-4-14-8-9-18-16(12-20(23)26-19(18)10-14)13-25-21(24)15-6-5-7-17(11-15)22(2)3/h5-12H,4,13H2,1-3H3. The number of carbonyl (C=O) groups is 1. The predicted octanol–water partition coefficient (Wildman–Crippen LogP) is 3.78. The Balaban J connectivity index is 1.84. The summed E-state index contributed by atoms with van der Waals surface area (Å²) >= 11 is 0. The van der Waals surface area contributed by atoms with Crippen LogP contribution >= 0.6 is 0 Å². The molecule has 0 aliphatic carbocycles. The molecule has 5 heteroatoms. The monoisotopic (exact) mass is 351 g/mol. The number of benzene rings is 2. The first-order valence-corrected chi connectivity index (χ1v) is 8.48. The number of rotatable bonds is 5. The molecule has 0 spiro atoms. The lowest BCUT2D eigenvalue weighted by Gasteiger charge is -2.13. The number of anilines is 1. The largest absolute Gasteiger partial charge is 0.457 e. The molecule has 2 aromatic carbocycles. The van der Waals surface area contributed by atoms with Crippen molar-refractivity contribution in [2.45, 2.75) is 20.0 Å². The molecule has 0 N–H and O–H groups in total. The molecule has 0 aliphatic rings. The second-order valence-electron chi connectivity index (χ2n) is 6.30. The maximum Gasteiger partial charge on any atom is 0.338 e. The maximum absolute atomic E-state index is 12.4. The lowest BCUT2D eigenvalue weighted by molar-refractivity contribution is 0.0474. The Morgan fingerprint density at radius 3 is 2.65 bits per heavy atom. The van der Waals surface area contributed by atoms with Crippen molar-refractivity contribution in [3.63, 3.8) is 0 Å². The number of ether oxygens (including phenoxy) is 1. The highest BCUT2D eigenvalue weighted by molar-refractivity contribution is 5.90. The lowest BCUT2D eigenvalue weighted by Crippen LogP contribution is -2.11. The average molecular weight is 351 g/mol. The van der Waals surface area contributed by atoms with E-state index < -0.39 is 11.6 Å². The summed E-state index contributed by atoms with van der Waals surface area (Å²) in [4.78, 5) is 26.1. The van der Waals surface area contributed by atoms with E-state index in [1.54, 1.807) is 12.1 Å². The molecular formula is C21H21NO4. The third kappa shape index (κ3) is 3.77. The van der Waals surface area contributed by atoms with Crippen LogP contribution in [0.1, 0.15) is 28.4 Å². The van der Waals surface area contributed by atoms with Crippen LogP contribution in [0.25, 0.3) is 11.0 Å². The van der Waals surface area contributed by atoms with E-state index in [4.69, 9.17) is 9.15 Å². The molecule has 0 bridgehead atoms. The zero-order chi connectivity index (χ0) is 18.7. The van der Waals surface area contributed by atoms with Crippen molar-refractivity contribution in [2.24, 2.45) is 0 Å². The quantitative estimate of drug-likeness (QED) is 0.517. The van der Waals surface area contributed by atoms with E-state index in [9.17, 15) is 9.59 Å². The predicted molar refractivity (Wildman–Crippen MR) is 102 cm³/mol. The fourth-order valence-corrected chi connectivity index (χ4v) is 2.75. The van der Waals surface area contributed by atoms with Crippen molar-refractivity contribution in [3.05, 3.63) is 75.6 Å². The van der Waals surface area contributed by atoms with Gasteiger partial charge in [0.1, 0.15) is 12.2 Å². The van der Waals surface area contributed by atoms with Gasteiger partial charge in [-0.05, 0) is 36.2 Å². The highest BCUT2D eigenvalue weighted by Crippen LogP contribution is 2.21. The van der Waals surface area contributed by atoms with Gasteiger partial charge in [0, 0.05) is 36.8 Å². The van der Waals surface area contributed by atoms with Crippen molar-refractivity contribution < 1.29 is 13.9 Å². The van der Waals surface area contributed by atoms with Crippen LogP contribution in [0.5, 0.6) is 0 Å². The van der Waals surface area contributed by atoms with Gasteiger partial charge in [-0.3, -0.25) is 0 Å². The van der Waals surface area contributed by atoms with Gasteiger partial charge in [0.2, 0.25) is 0 Å². The van der Waals surface area contributed by atoms with Gasteiger partial charge in [-0.1, -0.05) is 25.1 Å². The Kier molecular flexibility index (Phi) is 5.07. The summed E-state index contributed by atoms with van der Waals surface area (Å²) in [7, 11) is 3.81. The van der Waals surface area contributed by atoms with Crippen LogP contribution in [0.4, 0.5) is 5.69 Å². The summed E-state index contributed by atoms with van der Waals surface area (Å²) in [5, 5.41) is 0.775. The molecule has 3 aromatic rings. The molecule has 1 heterocycles. The number of aryl methyl sites for hydroxylation is 1. The number of fused-ring (bicyclic) bond motifs is 1. The summed E-state index contributed by atoms with van der Waals surface area (Å²) in [5.74, 6) is -0.430. The molecule has 3 rings (SSSR count). The first-order chi connectivity index (χ1) is 12.5. The number of hydrogen-bond donors (Lipinski definition) is 0. The van der Waals surface area contributed by atoms with Crippen LogP contribution < -0.4 is 10.5 Å². The number of carbonyl (C=O) groups excluding carboxylic acids is 1. The molecule has 1 aromatic heterocycles. The second kappa shape index (κ2) is 7.44. The van der Waals surface area contributed by atoms with E-state index in [0.717, 1.165) is 23.1 Å². The van der Waals surface area contributed by atoms with E-state index >= 15 is 0 Å². The van der Waals surface area contributed by atoms with Gasteiger partial charge in [0.15, 0.2) is 0 Å². The molecule has 26 heavy (non-hydrogen) atoms. The Morgan fingerprint density at radius 1 is 1.12 bits per heavy atom. The summed E-state index contributed by atoms with van der Waals surface area (Å²) < 4.78 is 10.7. The van der Waals surface area contributed by atoms with Crippen molar-refractivity contribution in [1.82, 2.24) is 0 Å². The van der Waals surface area contributed by atoms with Crippen LogP contribution in [0.2, 0.25) is 0 Å².